The van der Waals surface area contributed by atoms with Gasteiger partial charge >= 0.3 is 5.97 Å². The van der Waals surface area contributed by atoms with Crippen molar-refractivity contribution in [3.05, 3.63) is 0 Å². The number of amides is 1. The van der Waals surface area contributed by atoms with Crippen LogP contribution in [0.3, 0.4) is 0 Å². The van der Waals surface area contributed by atoms with Crippen LogP contribution in [0.5, 0.6) is 0 Å². The van der Waals surface area contributed by atoms with Gasteiger partial charge in [-0.25, -0.2) is 13.2 Å². The summed E-state index contributed by atoms with van der Waals surface area (Å²) < 4.78 is 27.6. The van der Waals surface area contributed by atoms with E-state index in [9.17, 15) is 18.0 Å². The Labute approximate surface area is 125 Å². The zero-order valence-corrected chi connectivity index (χ0v) is 13.0. The molecule has 8 heteroatoms. The first-order valence-corrected chi connectivity index (χ1v) is 9.15. The van der Waals surface area contributed by atoms with Crippen molar-refractivity contribution in [3.63, 3.8) is 0 Å². The molecule has 0 spiro atoms. The largest absolute Gasteiger partial charge is 0.480 e. The number of nitrogens with one attached hydrogen (secondary N) is 1. The number of hydrogen-bond acceptors (Lipinski definition) is 5. The molecule has 7 nitrogen and oxygen atoms in total. The van der Waals surface area contributed by atoms with Gasteiger partial charge in [0.2, 0.25) is 5.91 Å². The van der Waals surface area contributed by atoms with Crippen LogP contribution in [-0.2, 0) is 24.2 Å². The lowest BCUT2D eigenvalue weighted by atomic mass is 10.0. The van der Waals surface area contributed by atoms with Crippen LogP contribution in [0.15, 0.2) is 0 Å². The van der Waals surface area contributed by atoms with Gasteiger partial charge in [-0.15, -0.1) is 0 Å². The van der Waals surface area contributed by atoms with Crippen molar-refractivity contribution in [2.45, 2.75) is 50.7 Å². The molecular weight excluding hydrogens is 298 g/mol. The summed E-state index contributed by atoms with van der Waals surface area (Å²) in [6.07, 6.45) is 4.76. The van der Waals surface area contributed by atoms with Gasteiger partial charge in [-0.2, -0.15) is 0 Å². The third-order valence-corrected chi connectivity index (χ3v) is 4.36. The van der Waals surface area contributed by atoms with Crippen molar-refractivity contribution >= 4 is 21.7 Å². The highest BCUT2D eigenvalue weighted by atomic mass is 32.2. The molecule has 0 aromatic rings. The molecule has 1 saturated heterocycles. The first kappa shape index (κ1) is 17.9. The third-order valence-electron chi connectivity index (χ3n) is 3.38. The summed E-state index contributed by atoms with van der Waals surface area (Å²) in [7, 11) is -3.25. The van der Waals surface area contributed by atoms with Crippen molar-refractivity contribution in [1.29, 1.82) is 0 Å². The predicted octanol–water partition coefficient (Wildman–Crippen LogP) is 0.340. The fraction of sp³-hybridized carbons (Fsp3) is 0.846. The molecule has 0 bridgehead atoms. The average Bonchev–Trinajstić information content (AvgIpc) is 2.41. The van der Waals surface area contributed by atoms with E-state index in [1.807, 2.05) is 0 Å². The molecule has 2 N–H and O–H groups in total. The number of carboxylic acids is 1. The van der Waals surface area contributed by atoms with Crippen LogP contribution in [0.25, 0.3) is 0 Å². The Hall–Kier alpha value is -1.15. The highest BCUT2D eigenvalue weighted by Gasteiger charge is 2.22. The Kier molecular flexibility index (Phi) is 7.10. The van der Waals surface area contributed by atoms with Gasteiger partial charge in [-0.05, 0) is 32.1 Å². The Morgan fingerprint density at radius 1 is 1.38 bits per heavy atom. The van der Waals surface area contributed by atoms with Crippen LogP contribution in [0, 0.1) is 0 Å². The molecule has 0 aromatic heterocycles. The normalized spacial score (nSPS) is 20.7. The summed E-state index contributed by atoms with van der Waals surface area (Å²) in [5, 5.41) is 11.4. The lowest BCUT2D eigenvalue weighted by Gasteiger charge is -2.22. The van der Waals surface area contributed by atoms with E-state index in [1.165, 1.54) is 0 Å². The minimum atomic E-state index is -3.25. The molecule has 1 fully saturated rings. The van der Waals surface area contributed by atoms with Gasteiger partial charge in [-0.3, -0.25) is 4.79 Å². The molecule has 2 atom stereocenters. The van der Waals surface area contributed by atoms with Crippen LogP contribution < -0.4 is 5.32 Å². The maximum absolute atomic E-state index is 11.7. The van der Waals surface area contributed by atoms with Gasteiger partial charge < -0.3 is 15.2 Å². The number of carbonyl (C=O) groups is 2. The summed E-state index contributed by atoms with van der Waals surface area (Å²) in [5.74, 6) is -1.87. The monoisotopic (exact) mass is 321 g/mol. The van der Waals surface area contributed by atoms with Crippen molar-refractivity contribution in [2.75, 3.05) is 18.6 Å². The van der Waals surface area contributed by atoms with E-state index in [4.69, 9.17) is 9.84 Å². The molecule has 1 aliphatic rings. The maximum atomic E-state index is 11.7. The van der Waals surface area contributed by atoms with Gasteiger partial charge in [0.05, 0.1) is 11.9 Å². The molecule has 0 radical (unpaired) electrons. The van der Waals surface area contributed by atoms with Crippen molar-refractivity contribution < 1.29 is 27.9 Å². The van der Waals surface area contributed by atoms with Crippen molar-refractivity contribution in [2.24, 2.45) is 0 Å². The number of carbonyl (C=O) groups excluding carboxylic acids is 1. The number of sulfone groups is 1. The lowest BCUT2D eigenvalue weighted by Crippen LogP contribution is -2.42. The standard InChI is InChI=1S/C13H23NO6S/c1-21(18,19)9-7-11(13(16)17)14-12(15)6-5-10-4-2-3-8-20-10/h10-11H,2-9H2,1H3,(H,14,15)(H,16,17). The SMILES string of the molecule is CS(=O)(=O)CCC(NC(=O)CCC1CCCCO1)C(=O)O. The minimum absolute atomic E-state index is 0.0591. The summed E-state index contributed by atoms with van der Waals surface area (Å²) in [6.45, 7) is 0.707. The fourth-order valence-corrected chi connectivity index (χ4v) is 2.85. The number of aliphatic carboxylic acids is 1. The Bertz CT molecular complexity index is 455. The molecule has 0 saturated carbocycles. The minimum Gasteiger partial charge on any atom is -0.480 e. The number of hydrogen-bond donors (Lipinski definition) is 2. The molecule has 1 amide bonds. The maximum Gasteiger partial charge on any atom is 0.326 e. The molecule has 1 rings (SSSR count). The summed E-state index contributed by atoms with van der Waals surface area (Å²) in [4.78, 5) is 22.8. The fourth-order valence-electron chi connectivity index (χ4n) is 2.18. The van der Waals surface area contributed by atoms with E-state index in [0.29, 0.717) is 13.0 Å². The highest BCUT2D eigenvalue weighted by molar-refractivity contribution is 7.90. The molecular formula is C13H23NO6S. The van der Waals surface area contributed by atoms with Gasteiger partial charge in [0, 0.05) is 19.3 Å². The zero-order valence-electron chi connectivity index (χ0n) is 12.2. The molecule has 122 valence electrons. The third kappa shape index (κ3) is 8.01. The Morgan fingerprint density at radius 3 is 2.62 bits per heavy atom. The van der Waals surface area contributed by atoms with Gasteiger partial charge in [-0.1, -0.05) is 0 Å². The second kappa shape index (κ2) is 8.33. The molecule has 0 aromatic carbocycles. The molecule has 1 aliphatic heterocycles. The Morgan fingerprint density at radius 2 is 2.10 bits per heavy atom. The van der Waals surface area contributed by atoms with Crippen molar-refractivity contribution in [3.8, 4) is 0 Å². The summed E-state index contributed by atoms with van der Waals surface area (Å²) in [6, 6.07) is -1.17. The van der Waals surface area contributed by atoms with Crippen LogP contribution >= 0.6 is 0 Å². The first-order valence-electron chi connectivity index (χ1n) is 7.09. The molecule has 2 unspecified atom stereocenters. The van der Waals surface area contributed by atoms with Gasteiger partial charge in [0.1, 0.15) is 15.9 Å². The van der Waals surface area contributed by atoms with E-state index in [2.05, 4.69) is 5.32 Å². The van der Waals surface area contributed by atoms with Gasteiger partial charge in [0.15, 0.2) is 0 Å². The topological polar surface area (TPSA) is 110 Å². The highest BCUT2D eigenvalue weighted by Crippen LogP contribution is 2.16. The summed E-state index contributed by atoms with van der Waals surface area (Å²) in [5.41, 5.74) is 0. The molecule has 1 heterocycles. The number of rotatable bonds is 8. The molecule has 0 aliphatic carbocycles. The van der Waals surface area contributed by atoms with E-state index >= 15 is 0 Å². The van der Waals surface area contributed by atoms with E-state index < -0.39 is 21.8 Å². The van der Waals surface area contributed by atoms with E-state index in [-0.39, 0.29) is 30.6 Å². The molecule has 21 heavy (non-hydrogen) atoms. The second-order valence-corrected chi connectivity index (χ2v) is 7.66. The summed E-state index contributed by atoms with van der Waals surface area (Å²) >= 11 is 0. The van der Waals surface area contributed by atoms with Crippen molar-refractivity contribution in [1.82, 2.24) is 5.32 Å². The lowest BCUT2D eigenvalue weighted by molar-refractivity contribution is -0.142. The van der Waals surface area contributed by atoms with Crippen LogP contribution in [0.2, 0.25) is 0 Å². The number of carboxylic acid groups (broad SMARTS) is 1. The average molecular weight is 321 g/mol. The first-order chi connectivity index (χ1) is 9.78. The second-order valence-electron chi connectivity index (χ2n) is 5.40. The van der Waals surface area contributed by atoms with Crippen LogP contribution in [-0.4, -0.2) is 56.2 Å². The number of ether oxygens (including phenoxy) is 1. The van der Waals surface area contributed by atoms with E-state index in [0.717, 1.165) is 25.5 Å². The van der Waals surface area contributed by atoms with E-state index in [1.54, 1.807) is 0 Å². The zero-order chi connectivity index (χ0) is 15.9. The predicted molar refractivity (Wildman–Crippen MR) is 76.7 cm³/mol. The quantitative estimate of drug-likeness (QED) is 0.667. The van der Waals surface area contributed by atoms with Gasteiger partial charge in [0.25, 0.3) is 0 Å². The Balaban J connectivity index is 2.35. The van der Waals surface area contributed by atoms with Crippen LogP contribution in [0.4, 0.5) is 0 Å². The van der Waals surface area contributed by atoms with Crippen LogP contribution in [0.1, 0.15) is 38.5 Å². The smallest absolute Gasteiger partial charge is 0.326 e.